The van der Waals surface area contributed by atoms with Crippen molar-refractivity contribution in [2.24, 2.45) is 0 Å². The van der Waals surface area contributed by atoms with Crippen LogP contribution in [0.15, 0.2) is 18.3 Å². The van der Waals surface area contributed by atoms with E-state index in [-0.39, 0.29) is 24.2 Å². The van der Waals surface area contributed by atoms with Crippen molar-refractivity contribution < 1.29 is 26.3 Å². The van der Waals surface area contributed by atoms with Gasteiger partial charge in [0.2, 0.25) is 15.9 Å². The molecule has 3 rings (SSSR count). The van der Waals surface area contributed by atoms with Crippen LogP contribution in [0.1, 0.15) is 37.7 Å². The van der Waals surface area contributed by atoms with E-state index in [1.54, 1.807) is 0 Å². The normalized spacial score (nSPS) is 21.5. The average molecular weight is 364 g/mol. The van der Waals surface area contributed by atoms with Gasteiger partial charge in [-0.2, -0.15) is 17.5 Å². The van der Waals surface area contributed by atoms with Gasteiger partial charge < -0.3 is 4.74 Å². The van der Waals surface area contributed by atoms with Crippen LogP contribution >= 0.6 is 0 Å². The molecular formula is C15H19F3N2O3S. The summed E-state index contributed by atoms with van der Waals surface area (Å²) in [5.41, 5.74) is -0.835. The highest BCUT2D eigenvalue weighted by molar-refractivity contribution is 7.89. The van der Waals surface area contributed by atoms with Gasteiger partial charge in [-0.25, -0.2) is 13.4 Å². The van der Waals surface area contributed by atoms with Gasteiger partial charge in [-0.15, -0.1) is 0 Å². The zero-order valence-corrected chi connectivity index (χ0v) is 13.8. The lowest BCUT2D eigenvalue weighted by molar-refractivity contribution is -0.137. The Kier molecular flexibility index (Phi) is 4.74. The Morgan fingerprint density at radius 2 is 1.83 bits per heavy atom. The Balaban J connectivity index is 1.57. The molecule has 2 aliphatic rings. The second-order valence-electron chi connectivity index (χ2n) is 6.24. The van der Waals surface area contributed by atoms with Gasteiger partial charge in [0.1, 0.15) is 6.10 Å². The van der Waals surface area contributed by atoms with Gasteiger partial charge in [0.05, 0.1) is 23.9 Å². The molecule has 2 fully saturated rings. The first-order valence-electron chi connectivity index (χ1n) is 7.95. The molecule has 1 saturated heterocycles. The number of nitrogens with zero attached hydrogens (tertiary/aromatic N) is 2. The molecule has 0 spiro atoms. The van der Waals surface area contributed by atoms with E-state index in [1.165, 1.54) is 4.31 Å². The first-order chi connectivity index (χ1) is 11.3. The van der Waals surface area contributed by atoms with Crippen molar-refractivity contribution in [3.63, 3.8) is 0 Å². The van der Waals surface area contributed by atoms with Crippen molar-refractivity contribution in [1.82, 2.24) is 9.29 Å². The average Bonchev–Trinajstić information content (AvgIpc) is 2.50. The minimum absolute atomic E-state index is 0.135. The summed E-state index contributed by atoms with van der Waals surface area (Å²) >= 11 is 0. The molecule has 2 heterocycles. The van der Waals surface area contributed by atoms with Crippen molar-refractivity contribution in [1.29, 1.82) is 0 Å². The number of hydrogen-bond acceptors (Lipinski definition) is 4. The molecule has 9 heteroatoms. The third-order valence-electron chi connectivity index (χ3n) is 4.50. The third kappa shape index (κ3) is 3.66. The van der Waals surface area contributed by atoms with Crippen molar-refractivity contribution in [3.05, 3.63) is 23.9 Å². The van der Waals surface area contributed by atoms with Gasteiger partial charge in [-0.05, 0) is 18.9 Å². The molecule has 1 aliphatic heterocycles. The molecule has 0 unspecified atom stereocenters. The quantitative estimate of drug-likeness (QED) is 0.824. The Hall–Kier alpha value is -1.35. The van der Waals surface area contributed by atoms with Gasteiger partial charge >= 0.3 is 6.18 Å². The fourth-order valence-corrected chi connectivity index (χ4v) is 5.18. The first-order valence-corrected chi connectivity index (χ1v) is 9.46. The number of rotatable bonds is 4. The zero-order valence-electron chi connectivity index (χ0n) is 13.0. The van der Waals surface area contributed by atoms with Gasteiger partial charge in [0, 0.05) is 12.3 Å². The van der Waals surface area contributed by atoms with Crippen LogP contribution in [0.3, 0.4) is 0 Å². The van der Waals surface area contributed by atoms with E-state index >= 15 is 0 Å². The van der Waals surface area contributed by atoms with E-state index in [2.05, 4.69) is 4.98 Å². The molecule has 24 heavy (non-hydrogen) atoms. The van der Waals surface area contributed by atoms with E-state index in [4.69, 9.17) is 4.74 Å². The minimum Gasteiger partial charge on any atom is -0.472 e. The largest absolute Gasteiger partial charge is 0.472 e. The van der Waals surface area contributed by atoms with Crippen molar-refractivity contribution in [3.8, 4) is 5.88 Å². The highest BCUT2D eigenvalue weighted by atomic mass is 32.2. The maximum Gasteiger partial charge on any atom is 0.416 e. The molecule has 1 saturated carbocycles. The van der Waals surface area contributed by atoms with E-state index in [9.17, 15) is 21.6 Å². The monoisotopic (exact) mass is 364 g/mol. The number of hydrogen-bond donors (Lipinski definition) is 0. The van der Waals surface area contributed by atoms with Crippen LogP contribution in [-0.4, -0.2) is 42.2 Å². The molecule has 1 aromatic heterocycles. The van der Waals surface area contributed by atoms with Gasteiger partial charge in [-0.3, -0.25) is 0 Å². The number of pyridine rings is 1. The standard InChI is InChI=1S/C15H19F3N2O3S/c16-15(17,18)11-6-7-19-14(8-11)23-12-9-20(10-12)24(21,22)13-4-2-1-3-5-13/h6-8,12-13H,1-5,9-10H2. The molecule has 1 aromatic rings. The second kappa shape index (κ2) is 6.51. The highest BCUT2D eigenvalue weighted by Gasteiger charge is 2.42. The first kappa shape index (κ1) is 17.5. The summed E-state index contributed by atoms with van der Waals surface area (Å²) in [7, 11) is -3.33. The number of ether oxygens (including phenoxy) is 1. The summed E-state index contributed by atoms with van der Waals surface area (Å²) < 4.78 is 69.6. The number of alkyl halides is 3. The molecule has 1 aliphatic carbocycles. The summed E-state index contributed by atoms with van der Waals surface area (Å²) in [6.45, 7) is 0.327. The molecule has 0 N–H and O–H groups in total. The number of aromatic nitrogens is 1. The topological polar surface area (TPSA) is 59.5 Å². The Labute approximate surface area is 138 Å². The minimum atomic E-state index is -4.46. The summed E-state index contributed by atoms with van der Waals surface area (Å²) in [6.07, 6.45) is 0.388. The molecule has 0 radical (unpaired) electrons. The highest BCUT2D eigenvalue weighted by Crippen LogP contribution is 2.32. The molecule has 134 valence electrons. The second-order valence-corrected chi connectivity index (χ2v) is 8.46. The summed E-state index contributed by atoms with van der Waals surface area (Å²) in [6, 6.07) is 1.70. The molecular weight excluding hydrogens is 345 g/mol. The smallest absolute Gasteiger partial charge is 0.416 e. The maximum absolute atomic E-state index is 12.7. The fourth-order valence-electron chi connectivity index (χ4n) is 3.08. The van der Waals surface area contributed by atoms with Gasteiger partial charge in [-0.1, -0.05) is 19.3 Å². The van der Waals surface area contributed by atoms with Crippen LogP contribution in [-0.2, 0) is 16.2 Å². The Morgan fingerprint density at radius 3 is 2.46 bits per heavy atom. The van der Waals surface area contributed by atoms with Gasteiger partial charge in [0.25, 0.3) is 0 Å². The predicted octanol–water partition coefficient (Wildman–Crippen LogP) is 2.83. The third-order valence-corrected chi connectivity index (χ3v) is 6.83. The number of halogens is 3. The molecule has 0 bridgehead atoms. The lowest BCUT2D eigenvalue weighted by Crippen LogP contribution is -2.58. The SMILES string of the molecule is O=S(=O)(C1CCCCC1)N1CC(Oc2cc(C(F)(F)F)ccn2)C1. The molecule has 0 aromatic carbocycles. The van der Waals surface area contributed by atoms with Crippen LogP contribution < -0.4 is 4.74 Å². The maximum atomic E-state index is 12.7. The molecule has 0 atom stereocenters. The molecule has 0 amide bonds. The van der Waals surface area contributed by atoms with E-state index in [1.807, 2.05) is 0 Å². The zero-order chi connectivity index (χ0) is 17.4. The summed E-state index contributed by atoms with van der Waals surface area (Å²) in [5, 5.41) is -0.334. The van der Waals surface area contributed by atoms with Gasteiger partial charge in [0.15, 0.2) is 0 Å². The van der Waals surface area contributed by atoms with Crippen molar-refractivity contribution in [2.75, 3.05) is 13.1 Å². The predicted molar refractivity (Wildman–Crippen MR) is 81.0 cm³/mol. The van der Waals surface area contributed by atoms with Crippen molar-refractivity contribution in [2.45, 2.75) is 49.6 Å². The lowest BCUT2D eigenvalue weighted by Gasteiger charge is -2.40. The van der Waals surface area contributed by atoms with Crippen LogP contribution in [0.2, 0.25) is 0 Å². The van der Waals surface area contributed by atoms with Crippen LogP contribution in [0.5, 0.6) is 5.88 Å². The Bertz CT molecular complexity index is 681. The van der Waals surface area contributed by atoms with Crippen LogP contribution in [0.25, 0.3) is 0 Å². The van der Waals surface area contributed by atoms with Crippen LogP contribution in [0.4, 0.5) is 13.2 Å². The van der Waals surface area contributed by atoms with Crippen molar-refractivity contribution >= 4 is 10.0 Å². The summed E-state index contributed by atoms with van der Waals surface area (Å²) in [5.74, 6) is -0.135. The fraction of sp³-hybridized carbons (Fsp3) is 0.667. The van der Waals surface area contributed by atoms with Crippen LogP contribution in [0, 0.1) is 0 Å². The van der Waals surface area contributed by atoms with E-state index in [0.717, 1.165) is 37.6 Å². The molecule has 5 nitrogen and oxygen atoms in total. The van der Waals surface area contributed by atoms with E-state index in [0.29, 0.717) is 12.8 Å². The van der Waals surface area contributed by atoms with E-state index < -0.39 is 27.9 Å². The number of sulfonamides is 1. The Morgan fingerprint density at radius 1 is 1.17 bits per heavy atom. The summed E-state index contributed by atoms with van der Waals surface area (Å²) in [4.78, 5) is 3.76. The lowest BCUT2D eigenvalue weighted by atomic mass is 10.0.